The van der Waals surface area contributed by atoms with Crippen LogP contribution in [0.15, 0.2) is 5.38 Å². The molecule has 6 heteroatoms. The van der Waals surface area contributed by atoms with E-state index >= 15 is 0 Å². The SMILES string of the molecule is CC(C)C(CNC(=O)Cc1csc(N)n1)N(C)C. The van der Waals surface area contributed by atoms with Gasteiger partial charge in [-0.1, -0.05) is 13.8 Å². The molecule has 1 aromatic heterocycles. The first-order valence-corrected chi connectivity index (χ1v) is 6.91. The first-order chi connectivity index (χ1) is 8.40. The van der Waals surface area contributed by atoms with Crippen molar-refractivity contribution in [3.63, 3.8) is 0 Å². The molecule has 1 heterocycles. The molecule has 0 saturated heterocycles. The summed E-state index contributed by atoms with van der Waals surface area (Å²) in [5, 5.41) is 5.27. The van der Waals surface area contributed by atoms with Crippen LogP contribution in [0, 0.1) is 5.92 Å². The summed E-state index contributed by atoms with van der Waals surface area (Å²) < 4.78 is 0. The quantitative estimate of drug-likeness (QED) is 0.808. The van der Waals surface area contributed by atoms with E-state index < -0.39 is 0 Å². The lowest BCUT2D eigenvalue weighted by Gasteiger charge is -2.28. The van der Waals surface area contributed by atoms with E-state index in [1.807, 2.05) is 19.5 Å². The van der Waals surface area contributed by atoms with Gasteiger partial charge in [0.15, 0.2) is 5.13 Å². The third kappa shape index (κ3) is 4.62. The molecule has 1 aromatic rings. The number of thiazole rings is 1. The van der Waals surface area contributed by atoms with E-state index in [1.54, 1.807) is 0 Å². The van der Waals surface area contributed by atoms with Gasteiger partial charge >= 0.3 is 0 Å². The molecule has 1 rings (SSSR count). The minimum Gasteiger partial charge on any atom is -0.375 e. The second-order valence-electron chi connectivity index (χ2n) is 4.93. The summed E-state index contributed by atoms with van der Waals surface area (Å²) >= 11 is 1.36. The zero-order valence-corrected chi connectivity index (χ0v) is 12.3. The summed E-state index contributed by atoms with van der Waals surface area (Å²) in [6, 6.07) is 0.342. The lowest BCUT2D eigenvalue weighted by molar-refractivity contribution is -0.120. The number of nitrogens with two attached hydrogens (primary N) is 1. The van der Waals surface area contributed by atoms with E-state index in [0.29, 0.717) is 30.1 Å². The average Bonchev–Trinajstić information content (AvgIpc) is 2.62. The number of aromatic nitrogens is 1. The van der Waals surface area contributed by atoms with Gasteiger partial charge in [-0.15, -0.1) is 11.3 Å². The van der Waals surface area contributed by atoms with Gasteiger partial charge in [0.25, 0.3) is 0 Å². The van der Waals surface area contributed by atoms with Crippen LogP contribution in [0.4, 0.5) is 5.13 Å². The van der Waals surface area contributed by atoms with Crippen molar-refractivity contribution < 1.29 is 4.79 Å². The number of likely N-dealkylation sites (N-methyl/N-ethyl adjacent to an activating group) is 1. The van der Waals surface area contributed by atoms with Crippen molar-refractivity contribution in [2.24, 2.45) is 5.92 Å². The van der Waals surface area contributed by atoms with Crippen LogP contribution in [0.1, 0.15) is 19.5 Å². The first-order valence-electron chi connectivity index (χ1n) is 6.03. The molecule has 0 aromatic carbocycles. The van der Waals surface area contributed by atoms with E-state index in [-0.39, 0.29) is 5.91 Å². The van der Waals surface area contributed by atoms with Crippen LogP contribution in [-0.2, 0) is 11.2 Å². The predicted molar refractivity (Wildman–Crippen MR) is 75.6 cm³/mol. The van der Waals surface area contributed by atoms with Gasteiger partial charge in [0.05, 0.1) is 12.1 Å². The van der Waals surface area contributed by atoms with E-state index in [1.165, 1.54) is 11.3 Å². The standard InChI is InChI=1S/C12H22N4OS/c1-8(2)10(16(3)4)6-14-11(17)5-9-7-18-12(13)15-9/h7-8,10H,5-6H2,1-4H3,(H2,13,15)(H,14,17). The molecule has 5 nitrogen and oxygen atoms in total. The number of nitrogen functional groups attached to an aromatic ring is 1. The molecule has 1 amide bonds. The van der Waals surface area contributed by atoms with E-state index in [0.717, 1.165) is 5.69 Å². The van der Waals surface area contributed by atoms with Crippen molar-refractivity contribution in [1.82, 2.24) is 15.2 Å². The fourth-order valence-electron chi connectivity index (χ4n) is 1.86. The van der Waals surface area contributed by atoms with Crippen molar-refractivity contribution in [1.29, 1.82) is 0 Å². The number of carbonyl (C=O) groups excluding carboxylic acids is 1. The summed E-state index contributed by atoms with van der Waals surface area (Å²) in [4.78, 5) is 18.0. The molecule has 0 spiro atoms. The van der Waals surface area contributed by atoms with Crippen LogP contribution in [0.5, 0.6) is 0 Å². The number of nitrogens with zero attached hydrogens (tertiary/aromatic N) is 2. The maximum atomic E-state index is 11.8. The molecule has 0 aliphatic heterocycles. The highest BCUT2D eigenvalue weighted by Gasteiger charge is 2.16. The number of amides is 1. The van der Waals surface area contributed by atoms with Crippen molar-refractivity contribution in [2.45, 2.75) is 26.3 Å². The van der Waals surface area contributed by atoms with E-state index in [4.69, 9.17) is 5.73 Å². The first kappa shape index (κ1) is 14.9. The molecular weight excluding hydrogens is 248 g/mol. The Balaban J connectivity index is 2.41. The Bertz CT molecular complexity index is 381. The average molecular weight is 270 g/mol. The lowest BCUT2D eigenvalue weighted by Crippen LogP contribution is -2.43. The molecule has 0 fully saturated rings. The molecule has 0 aliphatic carbocycles. The maximum Gasteiger partial charge on any atom is 0.226 e. The molecule has 1 atom stereocenters. The van der Waals surface area contributed by atoms with Crippen molar-refractivity contribution in [3.8, 4) is 0 Å². The third-order valence-corrected chi connectivity index (χ3v) is 3.58. The maximum absolute atomic E-state index is 11.8. The third-order valence-electron chi connectivity index (χ3n) is 2.85. The molecule has 3 N–H and O–H groups in total. The van der Waals surface area contributed by atoms with Crippen molar-refractivity contribution in [3.05, 3.63) is 11.1 Å². The largest absolute Gasteiger partial charge is 0.375 e. The van der Waals surface area contributed by atoms with Crippen molar-refractivity contribution >= 4 is 22.4 Å². The Kier molecular flexibility index (Phi) is 5.55. The second-order valence-corrected chi connectivity index (χ2v) is 5.82. The Hall–Kier alpha value is -1.14. The monoisotopic (exact) mass is 270 g/mol. The predicted octanol–water partition coefficient (Wildman–Crippen LogP) is 0.970. The Labute approximate surface area is 112 Å². The Morgan fingerprint density at radius 2 is 2.22 bits per heavy atom. The smallest absolute Gasteiger partial charge is 0.226 e. The lowest BCUT2D eigenvalue weighted by atomic mass is 10.0. The van der Waals surface area contributed by atoms with Crippen LogP contribution in [0.25, 0.3) is 0 Å². The number of rotatable bonds is 6. The van der Waals surface area contributed by atoms with Crippen LogP contribution in [-0.4, -0.2) is 42.5 Å². The van der Waals surface area contributed by atoms with Crippen LogP contribution in [0.3, 0.4) is 0 Å². The highest BCUT2D eigenvalue weighted by atomic mass is 32.1. The Morgan fingerprint density at radius 3 is 2.67 bits per heavy atom. The van der Waals surface area contributed by atoms with Gasteiger partial charge in [-0.05, 0) is 20.0 Å². The van der Waals surface area contributed by atoms with Gasteiger partial charge in [-0.2, -0.15) is 0 Å². The topological polar surface area (TPSA) is 71.2 Å². The van der Waals surface area contributed by atoms with E-state index in [9.17, 15) is 4.79 Å². The van der Waals surface area contributed by atoms with Crippen LogP contribution < -0.4 is 11.1 Å². The summed E-state index contributed by atoms with van der Waals surface area (Å²) in [7, 11) is 4.05. The molecule has 0 aliphatic rings. The summed E-state index contributed by atoms with van der Waals surface area (Å²) in [5.74, 6) is 0.489. The number of hydrogen-bond donors (Lipinski definition) is 2. The van der Waals surface area contributed by atoms with E-state index in [2.05, 4.69) is 29.0 Å². The fraction of sp³-hybridized carbons (Fsp3) is 0.667. The minimum atomic E-state index is -0.00667. The van der Waals surface area contributed by atoms with Gasteiger partial charge in [-0.25, -0.2) is 4.98 Å². The fourth-order valence-corrected chi connectivity index (χ4v) is 2.43. The molecule has 0 bridgehead atoms. The van der Waals surface area contributed by atoms with Gasteiger partial charge in [0.1, 0.15) is 0 Å². The molecule has 18 heavy (non-hydrogen) atoms. The number of anilines is 1. The molecule has 102 valence electrons. The van der Waals surface area contributed by atoms with Gasteiger partial charge < -0.3 is 16.0 Å². The van der Waals surface area contributed by atoms with Crippen LogP contribution >= 0.6 is 11.3 Å². The van der Waals surface area contributed by atoms with Crippen LogP contribution in [0.2, 0.25) is 0 Å². The molecular formula is C12H22N4OS. The van der Waals surface area contributed by atoms with Gasteiger partial charge in [0, 0.05) is 18.0 Å². The number of hydrogen-bond acceptors (Lipinski definition) is 5. The summed E-state index contributed by atoms with van der Waals surface area (Å²) in [5.41, 5.74) is 6.26. The summed E-state index contributed by atoms with van der Waals surface area (Å²) in [6.45, 7) is 4.96. The molecule has 1 unspecified atom stereocenters. The highest BCUT2D eigenvalue weighted by Crippen LogP contribution is 2.11. The zero-order chi connectivity index (χ0) is 13.7. The highest BCUT2D eigenvalue weighted by molar-refractivity contribution is 7.13. The summed E-state index contributed by atoms with van der Waals surface area (Å²) in [6.07, 6.45) is 0.298. The van der Waals surface area contributed by atoms with Crippen molar-refractivity contribution in [2.75, 3.05) is 26.4 Å². The second kappa shape index (κ2) is 6.70. The minimum absolute atomic E-state index is 0.00667. The van der Waals surface area contributed by atoms with Gasteiger partial charge in [-0.3, -0.25) is 4.79 Å². The number of carbonyl (C=O) groups is 1. The Morgan fingerprint density at radius 1 is 1.56 bits per heavy atom. The molecule has 0 saturated carbocycles. The number of nitrogens with one attached hydrogen (secondary N) is 1. The molecule has 0 radical (unpaired) electrons. The zero-order valence-electron chi connectivity index (χ0n) is 11.4. The van der Waals surface area contributed by atoms with Gasteiger partial charge in [0.2, 0.25) is 5.91 Å². The normalized spacial score (nSPS) is 13.0.